The number of hydrogen-bond donors (Lipinski definition) is 0. The van der Waals surface area contributed by atoms with Gasteiger partial charge in [-0.15, -0.1) is 0 Å². The SMILES string of the molecule is O=C(c1cccnc1)N1CCC(N2CCC(OCc3ccccn3)CC2)CC1. The molecule has 0 atom stereocenters. The topological polar surface area (TPSA) is 58.6 Å². The van der Waals surface area contributed by atoms with E-state index in [1.54, 1.807) is 12.4 Å². The number of aromatic nitrogens is 2. The number of nitrogens with zero attached hydrogens (tertiary/aromatic N) is 4. The number of piperidine rings is 2. The van der Waals surface area contributed by atoms with E-state index in [1.807, 2.05) is 41.4 Å². The summed E-state index contributed by atoms with van der Waals surface area (Å²) < 4.78 is 6.05. The van der Waals surface area contributed by atoms with Crippen LogP contribution >= 0.6 is 0 Å². The molecular formula is C22H28N4O2. The van der Waals surface area contributed by atoms with Crippen LogP contribution < -0.4 is 0 Å². The Labute approximate surface area is 166 Å². The van der Waals surface area contributed by atoms with Crippen LogP contribution in [0, 0.1) is 0 Å². The molecule has 148 valence electrons. The number of likely N-dealkylation sites (tertiary alicyclic amines) is 2. The van der Waals surface area contributed by atoms with Gasteiger partial charge in [-0.1, -0.05) is 6.07 Å². The lowest BCUT2D eigenvalue weighted by atomic mass is 9.98. The smallest absolute Gasteiger partial charge is 0.255 e. The van der Waals surface area contributed by atoms with Crippen molar-refractivity contribution < 1.29 is 9.53 Å². The summed E-state index contributed by atoms with van der Waals surface area (Å²) in [6.07, 6.45) is 9.73. The first-order valence-electron chi connectivity index (χ1n) is 10.2. The molecule has 0 bridgehead atoms. The van der Waals surface area contributed by atoms with Crippen LogP contribution in [-0.4, -0.2) is 64.0 Å². The molecule has 1 amide bonds. The number of ether oxygens (including phenoxy) is 1. The van der Waals surface area contributed by atoms with Crippen molar-refractivity contribution in [3.63, 3.8) is 0 Å². The second kappa shape index (κ2) is 9.26. The minimum atomic E-state index is 0.105. The van der Waals surface area contributed by atoms with Crippen LogP contribution in [0.2, 0.25) is 0 Å². The Morgan fingerprint density at radius 1 is 1.00 bits per heavy atom. The molecule has 0 radical (unpaired) electrons. The lowest BCUT2D eigenvalue weighted by Gasteiger charge is -2.41. The zero-order chi connectivity index (χ0) is 19.2. The molecular weight excluding hydrogens is 352 g/mol. The molecule has 4 rings (SSSR count). The standard InChI is InChI=1S/C22H28N4O2/c27-22(18-4-3-10-23-16-18)26-12-6-20(7-13-26)25-14-8-21(9-15-25)28-17-19-5-1-2-11-24-19/h1-5,10-11,16,20-21H,6-9,12-15,17H2. The zero-order valence-electron chi connectivity index (χ0n) is 16.2. The van der Waals surface area contributed by atoms with E-state index in [9.17, 15) is 4.79 Å². The van der Waals surface area contributed by atoms with Crippen LogP contribution in [0.25, 0.3) is 0 Å². The minimum Gasteiger partial charge on any atom is -0.372 e. The summed E-state index contributed by atoms with van der Waals surface area (Å²) in [5.74, 6) is 0.105. The predicted molar refractivity (Wildman–Crippen MR) is 107 cm³/mol. The number of amides is 1. The highest BCUT2D eigenvalue weighted by molar-refractivity contribution is 5.93. The molecule has 4 heterocycles. The summed E-state index contributed by atoms with van der Waals surface area (Å²) in [5, 5.41) is 0. The van der Waals surface area contributed by atoms with Gasteiger partial charge in [0.25, 0.3) is 5.91 Å². The molecule has 6 heteroatoms. The summed E-state index contributed by atoms with van der Waals surface area (Å²) in [4.78, 5) is 25.5. The van der Waals surface area contributed by atoms with E-state index in [2.05, 4.69) is 14.9 Å². The van der Waals surface area contributed by atoms with Crippen molar-refractivity contribution in [2.45, 2.75) is 44.4 Å². The molecule has 2 saturated heterocycles. The zero-order valence-corrected chi connectivity index (χ0v) is 16.2. The van der Waals surface area contributed by atoms with E-state index in [0.29, 0.717) is 24.3 Å². The summed E-state index contributed by atoms with van der Waals surface area (Å²) in [5.41, 5.74) is 1.68. The molecule has 0 N–H and O–H groups in total. The predicted octanol–water partition coefficient (Wildman–Crippen LogP) is 2.76. The van der Waals surface area contributed by atoms with Gasteiger partial charge in [0.15, 0.2) is 0 Å². The fourth-order valence-corrected chi connectivity index (χ4v) is 4.20. The highest BCUT2D eigenvalue weighted by Crippen LogP contribution is 2.23. The Morgan fingerprint density at radius 2 is 1.82 bits per heavy atom. The fraction of sp³-hybridized carbons (Fsp3) is 0.500. The Hall–Kier alpha value is -2.31. The van der Waals surface area contributed by atoms with Gasteiger partial charge in [0.2, 0.25) is 0 Å². The molecule has 2 aliphatic heterocycles. The Kier molecular flexibility index (Phi) is 6.29. The maximum absolute atomic E-state index is 12.6. The number of pyridine rings is 2. The highest BCUT2D eigenvalue weighted by atomic mass is 16.5. The Balaban J connectivity index is 1.19. The van der Waals surface area contributed by atoms with Gasteiger partial charge in [0, 0.05) is 50.8 Å². The van der Waals surface area contributed by atoms with Crippen LogP contribution in [0.15, 0.2) is 48.9 Å². The third-order valence-electron chi connectivity index (χ3n) is 5.85. The van der Waals surface area contributed by atoms with Crippen molar-refractivity contribution in [3.05, 3.63) is 60.2 Å². The van der Waals surface area contributed by atoms with Gasteiger partial charge in [0.05, 0.1) is 24.0 Å². The minimum absolute atomic E-state index is 0.105. The monoisotopic (exact) mass is 380 g/mol. The van der Waals surface area contributed by atoms with Crippen molar-refractivity contribution in [1.29, 1.82) is 0 Å². The van der Waals surface area contributed by atoms with E-state index in [0.717, 1.165) is 57.6 Å². The van der Waals surface area contributed by atoms with Crippen LogP contribution in [0.1, 0.15) is 41.7 Å². The lowest BCUT2D eigenvalue weighted by molar-refractivity contribution is -0.0181. The van der Waals surface area contributed by atoms with Gasteiger partial charge in [-0.3, -0.25) is 14.8 Å². The van der Waals surface area contributed by atoms with Gasteiger partial charge in [-0.25, -0.2) is 0 Å². The van der Waals surface area contributed by atoms with Crippen LogP contribution in [0.4, 0.5) is 0 Å². The first kappa shape index (κ1) is 19.0. The first-order valence-corrected chi connectivity index (χ1v) is 10.2. The van der Waals surface area contributed by atoms with E-state index < -0.39 is 0 Å². The van der Waals surface area contributed by atoms with Crippen molar-refractivity contribution >= 4 is 5.91 Å². The Morgan fingerprint density at radius 3 is 2.50 bits per heavy atom. The van der Waals surface area contributed by atoms with Gasteiger partial charge in [0.1, 0.15) is 0 Å². The van der Waals surface area contributed by atoms with Crippen molar-refractivity contribution in [2.24, 2.45) is 0 Å². The molecule has 0 aliphatic carbocycles. The van der Waals surface area contributed by atoms with Gasteiger partial charge in [-0.2, -0.15) is 0 Å². The van der Waals surface area contributed by atoms with Crippen molar-refractivity contribution in [3.8, 4) is 0 Å². The molecule has 0 spiro atoms. The van der Waals surface area contributed by atoms with Crippen LogP contribution in [0.3, 0.4) is 0 Å². The third kappa shape index (κ3) is 4.75. The molecule has 2 aromatic heterocycles. The van der Waals surface area contributed by atoms with E-state index >= 15 is 0 Å². The largest absolute Gasteiger partial charge is 0.372 e. The maximum Gasteiger partial charge on any atom is 0.255 e. The maximum atomic E-state index is 12.6. The molecule has 0 saturated carbocycles. The number of carbonyl (C=O) groups excluding carboxylic acids is 1. The summed E-state index contributed by atoms with van der Waals surface area (Å²) in [6.45, 7) is 4.41. The normalized spacial score (nSPS) is 19.6. The molecule has 6 nitrogen and oxygen atoms in total. The molecule has 28 heavy (non-hydrogen) atoms. The van der Waals surface area contributed by atoms with Crippen molar-refractivity contribution in [1.82, 2.24) is 19.8 Å². The molecule has 0 unspecified atom stereocenters. The van der Waals surface area contributed by atoms with Gasteiger partial charge < -0.3 is 14.5 Å². The van der Waals surface area contributed by atoms with Crippen molar-refractivity contribution in [2.75, 3.05) is 26.2 Å². The Bertz CT molecular complexity index is 740. The summed E-state index contributed by atoms with van der Waals surface area (Å²) in [7, 11) is 0. The molecule has 2 aromatic rings. The second-order valence-electron chi connectivity index (χ2n) is 7.63. The van der Waals surface area contributed by atoms with E-state index in [1.165, 1.54) is 0 Å². The lowest BCUT2D eigenvalue weighted by Crippen LogP contribution is -2.49. The first-order chi connectivity index (χ1) is 13.8. The average molecular weight is 380 g/mol. The van der Waals surface area contributed by atoms with E-state index in [-0.39, 0.29) is 5.91 Å². The number of hydrogen-bond acceptors (Lipinski definition) is 5. The van der Waals surface area contributed by atoms with Crippen LogP contribution in [0.5, 0.6) is 0 Å². The van der Waals surface area contributed by atoms with Gasteiger partial charge in [-0.05, 0) is 49.9 Å². The van der Waals surface area contributed by atoms with Crippen LogP contribution in [-0.2, 0) is 11.3 Å². The molecule has 2 fully saturated rings. The summed E-state index contributed by atoms with van der Waals surface area (Å²) >= 11 is 0. The number of rotatable bonds is 5. The number of carbonyl (C=O) groups is 1. The van der Waals surface area contributed by atoms with Gasteiger partial charge >= 0.3 is 0 Å². The fourth-order valence-electron chi connectivity index (χ4n) is 4.20. The molecule has 2 aliphatic rings. The molecule has 0 aromatic carbocycles. The van der Waals surface area contributed by atoms with E-state index in [4.69, 9.17) is 4.74 Å². The quantitative estimate of drug-likeness (QED) is 0.798. The summed E-state index contributed by atoms with van der Waals surface area (Å²) in [6, 6.07) is 10.2. The third-order valence-corrected chi connectivity index (χ3v) is 5.85. The second-order valence-corrected chi connectivity index (χ2v) is 7.63. The highest BCUT2D eigenvalue weighted by Gasteiger charge is 2.30. The average Bonchev–Trinajstić information content (AvgIpc) is 2.79.